The molecule has 0 fully saturated rings. The summed E-state index contributed by atoms with van der Waals surface area (Å²) in [6.07, 6.45) is 4.49. The van der Waals surface area contributed by atoms with Crippen LogP contribution in [0.25, 0.3) is 6.08 Å². The molecule has 23 heavy (non-hydrogen) atoms. The predicted molar refractivity (Wildman–Crippen MR) is 91.6 cm³/mol. The average molecular weight is 328 g/mol. The normalized spacial score (nSPS) is 12.5. The number of amides is 1. The summed E-state index contributed by atoms with van der Waals surface area (Å²) < 4.78 is 3.95. The van der Waals surface area contributed by atoms with Crippen molar-refractivity contribution in [3.8, 4) is 6.07 Å². The lowest BCUT2D eigenvalue weighted by molar-refractivity contribution is -0.114. The zero-order chi connectivity index (χ0) is 17.0. The molecule has 0 saturated heterocycles. The second-order valence-electron chi connectivity index (χ2n) is 5.36. The van der Waals surface area contributed by atoms with E-state index in [0.29, 0.717) is 4.80 Å². The van der Waals surface area contributed by atoms with Gasteiger partial charge in [-0.1, -0.05) is 6.92 Å². The first-order valence-electron chi connectivity index (χ1n) is 7.45. The highest BCUT2D eigenvalue weighted by atomic mass is 32.1. The van der Waals surface area contributed by atoms with Crippen LogP contribution in [0, 0.1) is 25.2 Å². The standard InChI is InChI=1S/C17H20N4OS/c1-5-6-21-12(2)9-14(13(21)3)10-15(11-18)16(22)19-17-20(4)7-8-23-17/h7-10H,5-6H2,1-4H3/b15-10+,19-17?. The van der Waals surface area contributed by atoms with Crippen molar-refractivity contribution >= 4 is 23.3 Å². The molecule has 5 nitrogen and oxygen atoms in total. The zero-order valence-corrected chi connectivity index (χ0v) is 14.6. The fourth-order valence-electron chi connectivity index (χ4n) is 2.42. The van der Waals surface area contributed by atoms with Crippen molar-refractivity contribution in [1.29, 1.82) is 5.26 Å². The quantitative estimate of drug-likeness (QED) is 0.640. The van der Waals surface area contributed by atoms with E-state index >= 15 is 0 Å². The van der Waals surface area contributed by atoms with Gasteiger partial charge in [-0.05, 0) is 38.0 Å². The van der Waals surface area contributed by atoms with Gasteiger partial charge in [-0.3, -0.25) is 4.79 Å². The SMILES string of the molecule is CCCn1c(C)cc(/C=C(\C#N)C(=O)N=c2sccn2C)c1C. The monoisotopic (exact) mass is 328 g/mol. The van der Waals surface area contributed by atoms with Crippen molar-refractivity contribution < 1.29 is 4.79 Å². The third kappa shape index (κ3) is 3.69. The van der Waals surface area contributed by atoms with E-state index in [1.807, 2.05) is 44.6 Å². The molecule has 6 heteroatoms. The Labute approximate surface area is 139 Å². The fraction of sp³-hybridized carbons (Fsp3) is 0.353. The number of rotatable bonds is 4. The Kier molecular flexibility index (Phi) is 5.35. The largest absolute Gasteiger partial charge is 0.349 e. The highest BCUT2D eigenvalue weighted by Gasteiger charge is 2.12. The number of aromatic nitrogens is 2. The van der Waals surface area contributed by atoms with Gasteiger partial charge in [-0.2, -0.15) is 10.3 Å². The van der Waals surface area contributed by atoms with Gasteiger partial charge in [0.05, 0.1) is 0 Å². The molecule has 0 saturated carbocycles. The number of hydrogen-bond acceptors (Lipinski definition) is 3. The number of thiazole rings is 1. The van der Waals surface area contributed by atoms with E-state index in [2.05, 4.69) is 16.5 Å². The molecule has 0 aliphatic carbocycles. The van der Waals surface area contributed by atoms with Gasteiger partial charge in [0.15, 0.2) is 4.80 Å². The van der Waals surface area contributed by atoms with Crippen molar-refractivity contribution in [3.05, 3.63) is 45.0 Å². The van der Waals surface area contributed by atoms with Crippen LogP contribution in [0.1, 0.15) is 30.3 Å². The summed E-state index contributed by atoms with van der Waals surface area (Å²) in [4.78, 5) is 16.9. The molecule has 2 heterocycles. The Hall–Kier alpha value is -2.39. The second kappa shape index (κ2) is 7.25. The van der Waals surface area contributed by atoms with Crippen molar-refractivity contribution in [2.45, 2.75) is 33.7 Å². The highest BCUT2D eigenvalue weighted by Crippen LogP contribution is 2.19. The van der Waals surface area contributed by atoms with Crippen LogP contribution in [0.3, 0.4) is 0 Å². The van der Waals surface area contributed by atoms with Crippen LogP contribution in [0.2, 0.25) is 0 Å². The van der Waals surface area contributed by atoms with E-state index in [9.17, 15) is 10.1 Å². The third-order valence-corrected chi connectivity index (χ3v) is 4.52. The molecule has 2 aromatic heterocycles. The molecule has 0 aliphatic rings. The maximum Gasteiger partial charge on any atom is 0.290 e. The first-order chi connectivity index (χ1) is 11.0. The molecule has 120 valence electrons. The molecular weight excluding hydrogens is 308 g/mol. The lowest BCUT2D eigenvalue weighted by Gasteiger charge is -2.06. The molecule has 2 rings (SSSR count). The van der Waals surface area contributed by atoms with Crippen LogP contribution in [0.15, 0.2) is 28.2 Å². The van der Waals surface area contributed by atoms with Gasteiger partial charge in [0.25, 0.3) is 5.91 Å². The summed E-state index contributed by atoms with van der Waals surface area (Å²) >= 11 is 1.36. The zero-order valence-electron chi connectivity index (χ0n) is 13.8. The molecule has 0 radical (unpaired) electrons. The Morgan fingerprint density at radius 3 is 2.78 bits per heavy atom. The minimum Gasteiger partial charge on any atom is -0.349 e. The van der Waals surface area contributed by atoms with Crippen LogP contribution >= 0.6 is 11.3 Å². The third-order valence-electron chi connectivity index (χ3n) is 3.67. The van der Waals surface area contributed by atoms with Gasteiger partial charge >= 0.3 is 0 Å². The van der Waals surface area contributed by atoms with Gasteiger partial charge in [0, 0.05) is 36.6 Å². The number of nitrogens with zero attached hydrogens (tertiary/aromatic N) is 4. The number of nitriles is 1. The fourth-order valence-corrected chi connectivity index (χ4v) is 3.15. The summed E-state index contributed by atoms with van der Waals surface area (Å²) in [5.41, 5.74) is 3.13. The Morgan fingerprint density at radius 1 is 1.48 bits per heavy atom. The first kappa shape index (κ1) is 17.0. The number of carbonyl (C=O) groups excluding carboxylic acids is 1. The van der Waals surface area contributed by atoms with E-state index in [4.69, 9.17) is 0 Å². The number of hydrogen-bond donors (Lipinski definition) is 0. The topological polar surface area (TPSA) is 63.1 Å². The summed E-state index contributed by atoms with van der Waals surface area (Å²) in [6, 6.07) is 3.97. The van der Waals surface area contributed by atoms with Crippen molar-refractivity contribution in [1.82, 2.24) is 9.13 Å². The summed E-state index contributed by atoms with van der Waals surface area (Å²) in [5.74, 6) is -0.508. The highest BCUT2D eigenvalue weighted by molar-refractivity contribution is 7.07. The molecule has 0 unspecified atom stereocenters. The maximum absolute atomic E-state index is 12.3. The van der Waals surface area contributed by atoms with Crippen LogP contribution in [0.5, 0.6) is 0 Å². The summed E-state index contributed by atoms with van der Waals surface area (Å²) in [7, 11) is 1.82. The Balaban J connectivity index is 2.41. The van der Waals surface area contributed by atoms with Crippen LogP contribution < -0.4 is 4.80 Å². The Morgan fingerprint density at radius 2 is 2.22 bits per heavy atom. The van der Waals surface area contributed by atoms with E-state index in [0.717, 1.165) is 29.9 Å². The van der Waals surface area contributed by atoms with Crippen molar-refractivity contribution in [2.24, 2.45) is 12.0 Å². The maximum atomic E-state index is 12.3. The summed E-state index contributed by atoms with van der Waals surface area (Å²) in [5, 5.41) is 11.2. The molecule has 1 amide bonds. The van der Waals surface area contributed by atoms with Gasteiger partial charge in [0.2, 0.25) is 0 Å². The van der Waals surface area contributed by atoms with E-state index < -0.39 is 5.91 Å². The molecule has 2 aromatic rings. The lowest BCUT2D eigenvalue weighted by Crippen LogP contribution is -2.13. The van der Waals surface area contributed by atoms with Crippen LogP contribution in [-0.2, 0) is 18.4 Å². The molecule has 0 bridgehead atoms. The Bertz CT molecular complexity index is 858. The smallest absolute Gasteiger partial charge is 0.290 e. The second-order valence-corrected chi connectivity index (χ2v) is 6.23. The van der Waals surface area contributed by atoms with Crippen LogP contribution in [-0.4, -0.2) is 15.0 Å². The minimum absolute atomic E-state index is 0.0511. The van der Waals surface area contributed by atoms with Gasteiger partial charge in [0.1, 0.15) is 11.6 Å². The molecule has 0 aliphatic heterocycles. The lowest BCUT2D eigenvalue weighted by atomic mass is 10.1. The molecule has 0 aromatic carbocycles. The van der Waals surface area contributed by atoms with Crippen molar-refractivity contribution in [3.63, 3.8) is 0 Å². The van der Waals surface area contributed by atoms with E-state index in [1.165, 1.54) is 11.3 Å². The molecular formula is C17H20N4OS. The number of carbonyl (C=O) groups is 1. The number of aryl methyl sites for hydroxylation is 2. The predicted octanol–water partition coefficient (Wildman–Crippen LogP) is 2.95. The van der Waals surface area contributed by atoms with Gasteiger partial charge in [-0.15, -0.1) is 11.3 Å². The van der Waals surface area contributed by atoms with E-state index in [-0.39, 0.29) is 5.57 Å². The molecule has 0 N–H and O–H groups in total. The molecule has 0 spiro atoms. The summed E-state index contributed by atoms with van der Waals surface area (Å²) in [6.45, 7) is 7.09. The first-order valence-corrected chi connectivity index (χ1v) is 8.33. The van der Waals surface area contributed by atoms with Crippen molar-refractivity contribution in [2.75, 3.05) is 0 Å². The van der Waals surface area contributed by atoms with Gasteiger partial charge < -0.3 is 9.13 Å². The average Bonchev–Trinajstić information content (AvgIpc) is 3.03. The molecule has 0 atom stereocenters. The van der Waals surface area contributed by atoms with Gasteiger partial charge in [-0.25, -0.2) is 0 Å². The minimum atomic E-state index is -0.508. The van der Waals surface area contributed by atoms with Crippen LogP contribution in [0.4, 0.5) is 0 Å². The van der Waals surface area contributed by atoms with E-state index in [1.54, 1.807) is 10.6 Å².